The van der Waals surface area contributed by atoms with Crippen molar-refractivity contribution in [3.63, 3.8) is 0 Å². The topological polar surface area (TPSA) is 66.8 Å². The molecule has 132 valence electrons. The first-order chi connectivity index (χ1) is 12.0. The molecular formula is C19H21NO4S. The Bertz CT molecular complexity index is 821. The second-order valence-electron chi connectivity index (χ2n) is 5.97. The van der Waals surface area contributed by atoms with Gasteiger partial charge in [0.1, 0.15) is 5.75 Å². The van der Waals surface area contributed by atoms with Crippen molar-refractivity contribution in [2.24, 2.45) is 0 Å². The number of ether oxygens (including phenoxy) is 1. The molecule has 0 bridgehead atoms. The molecule has 5 nitrogen and oxygen atoms in total. The van der Waals surface area contributed by atoms with Crippen molar-refractivity contribution in [1.82, 2.24) is 4.90 Å². The number of morpholine rings is 1. The lowest BCUT2D eigenvalue weighted by Crippen LogP contribution is -2.35. The van der Waals surface area contributed by atoms with Gasteiger partial charge in [-0.05, 0) is 41.5 Å². The van der Waals surface area contributed by atoms with Gasteiger partial charge in [0.15, 0.2) is 9.84 Å². The summed E-state index contributed by atoms with van der Waals surface area (Å²) in [7, 11) is -3.52. The van der Waals surface area contributed by atoms with Crippen molar-refractivity contribution < 1.29 is 18.3 Å². The van der Waals surface area contributed by atoms with E-state index in [2.05, 4.69) is 4.90 Å². The summed E-state index contributed by atoms with van der Waals surface area (Å²) >= 11 is 0. The summed E-state index contributed by atoms with van der Waals surface area (Å²) in [5.74, 6) is 0.0405. The number of hydrogen-bond donors (Lipinski definition) is 1. The van der Waals surface area contributed by atoms with Gasteiger partial charge in [-0.1, -0.05) is 24.3 Å². The third-order valence-corrected chi connectivity index (χ3v) is 5.52. The zero-order valence-electron chi connectivity index (χ0n) is 13.8. The van der Waals surface area contributed by atoms with Gasteiger partial charge in [0, 0.05) is 25.0 Å². The predicted molar refractivity (Wildman–Crippen MR) is 96.9 cm³/mol. The molecule has 6 heteroatoms. The first kappa shape index (κ1) is 17.7. The van der Waals surface area contributed by atoms with Gasteiger partial charge in [-0.2, -0.15) is 0 Å². The lowest BCUT2D eigenvalue weighted by atomic mass is 10.1. The summed E-state index contributed by atoms with van der Waals surface area (Å²) in [4.78, 5) is 2.49. The van der Waals surface area contributed by atoms with Crippen molar-refractivity contribution in [3.05, 3.63) is 65.1 Å². The molecule has 0 aromatic heterocycles. The highest BCUT2D eigenvalue weighted by Crippen LogP contribution is 2.18. The van der Waals surface area contributed by atoms with E-state index in [0.717, 1.165) is 38.4 Å². The van der Waals surface area contributed by atoms with E-state index in [1.165, 1.54) is 35.2 Å². The summed E-state index contributed by atoms with van der Waals surface area (Å²) < 4.78 is 29.9. The Balaban J connectivity index is 1.65. The molecule has 1 heterocycles. The fourth-order valence-corrected chi connectivity index (χ4v) is 3.64. The molecule has 3 rings (SSSR count). The van der Waals surface area contributed by atoms with Crippen LogP contribution in [0.5, 0.6) is 5.75 Å². The normalized spacial score (nSPS) is 16.3. The van der Waals surface area contributed by atoms with E-state index in [1.807, 2.05) is 24.3 Å². The number of rotatable bonds is 5. The smallest absolute Gasteiger partial charge is 0.199 e. The van der Waals surface area contributed by atoms with Crippen LogP contribution in [0.2, 0.25) is 0 Å². The third kappa shape index (κ3) is 4.92. The van der Waals surface area contributed by atoms with Crippen molar-refractivity contribution in [3.8, 4) is 5.75 Å². The molecule has 1 N–H and O–H groups in total. The minimum absolute atomic E-state index is 0.0405. The second kappa shape index (κ2) is 7.82. The van der Waals surface area contributed by atoms with Crippen LogP contribution in [0.4, 0.5) is 0 Å². The SMILES string of the molecule is O=S(=O)(C=Cc1ccc(CN2CCOCC2)cc1)c1ccc(O)cc1. The molecule has 0 saturated carbocycles. The first-order valence-corrected chi connectivity index (χ1v) is 9.69. The van der Waals surface area contributed by atoms with Crippen molar-refractivity contribution in [2.45, 2.75) is 11.4 Å². The van der Waals surface area contributed by atoms with Gasteiger partial charge in [-0.3, -0.25) is 4.90 Å². The zero-order valence-corrected chi connectivity index (χ0v) is 14.7. The van der Waals surface area contributed by atoms with Gasteiger partial charge in [0.05, 0.1) is 18.1 Å². The number of phenols is 1. The molecule has 0 atom stereocenters. The minimum Gasteiger partial charge on any atom is -0.508 e. The molecule has 0 amide bonds. The van der Waals surface area contributed by atoms with E-state index in [4.69, 9.17) is 4.74 Å². The van der Waals surface area contributed by atoms with E-state index >= 15 is 0 Å². The predicted octanol–water partition coefficient (Wildman–Crippen LogP) is 2.67. The average Bonchev–Trinajstić information content (AvgIpc) is 2.62. The number of sulfone groups is 1. The summed E-state index contributed by atoms with van der Waals surface area (Å²) in [6, 6.07) is 13.4. The molecule has 2 aromatic carbocycles. The lowest BCUT2D eigenvalue weighted by Gasteiger charge is -2.26. The molecule has 0 spiro atoms. The Kier molecular flexibility index (Phi) is 5.53. The van der Waals surface area contributed by atoms with E-state index in [0.29, 0.717) is 0 Å². The molecule has 0 radical (unpaired) electrons. The van der Waals surface area contributed by atoms with Crippen LogP contribution in [0.3, 0.4) is 0 Å². The van der Waals surface area contributed by atoms with Gasteiger partial charge < -0.3 is 9.84 Å². The van der Waals surface area contributed by atoms with Crippen LogP contribution in [0.25, 0.3) is 6.08 Å². The molecule has 0 unspecified atom stereocenters. The van der Waals surface area contributed by atoms with Crippen LogP contribution in [0.15, 0.2) is 58.8 Å². The van der Waals surface area contributed by atoms with E-state index in [1.54, 1.807) is 6.08 Å². The van der Waals surface area contributed by atoms with Crippen LogP contribution < -0.4 is 0 Å². The average molecular weight is 359 g/mol. The Morgan fingerprint density at radius 1 is 1.00 bits per heavy atom. The maximum atomic E-state index is 12.3. The van der Waals surface area contributed by atoms with E-state index in [-0.39, 0.29) is 10.6 Å². The zero-order chi connectivity index (χ0) is 17.7. The second-order valence-corrected chi connectivity index (χ2v) is 7.81. The number of hydrogen-bond acceptors (Lipinski definition) is 5. The summed E-state index contributed by atoms with van der Waals surface area (Å²) in [6.07, 6.45) is 1.58. The van der Waals surface area contributed by atoms with Gasteiger partial charge in [-0.25, -0.2) is 8.42 Å². The monoisotopic (exact) mass is 359 g/mol. The molecular weight excluding hydrogens is 338 g/mol. The summed E-state index contributed by atoms with van der Waals surface area (Å²) in [5.41, 5.74) is 2.02. The summed E-state index contributed by atoms with van der Waals surface area (Å²) in [6.45, 7) is 4.30. The highest BCUT2D eigenvalue weighted by atomic mass is 32.2. The number of nitrogens with zero attached hydrogens (tertiary/aromatic N) is 1. The molecule has 0 aliphatic carbocycles. The van der Waals surface area contributed by atoms with Gasteiger partial charge in [-0.15, -0.1) is 0 Å². The van der Waals surface area contributed by atoms with Crippen molar-refractivity contribution in [1.29, 1.82) is 0 Å². The standard InChI is InChI=1S/C19H21NO4S/c21-18-5-7-19(8-6-18)25(22,23)14-9-16-1-3-17(4-2-16)15-20-10-12-24-13-11-20/h1-9,14,21H,10-13,15H2. The van der Waals surface area contributed by atoms with Gasteiger partial charge >= 0.3 is 0 Å². The van der Waals surface area contributed by atoms with Gasteiger partial charge in [0.2, 0.25) is 0 Å². The maximum Gasteiger partial charge on any atom is 0.199 e. The van der Waals surface area contributed by atoms with Crippen LogP contribution in [-0.4, -0.2) is 44.7 Å². The lowest BCUT2D eigenvalue weighted by molar-refractivity contribution is 0.0342. The maximum absolute atomic E-state index is 12.3. The number of aromatic hydroxyl groups is 1. The quantitative estimate of drug-likeness (QED) is 0.889. The third-order valence-electron chi connectivity index (χ3n) is 4.09. The molecule has 1 fully saturated rings. The fraction of sp³-hybridized carbons (Fsp3) is 0.263. The Morgan fingerprint density at radius 2 is 1.64 bits per heavy atom. The van der Waals surface area contributed by atoms with Gasteiger partial charge in [0.25, 0.3) is 0 Å². The number of phenolic OH excluding ortho intramolecular Hbond substituents is 1. The van der Waals surface area contributed by atoms with Crippen molar-refractivity contribution >= 4 is 15.9 Å². The van der Waals surface area contributed by atoms with Crippen LogP contribution in [0.1, 0.15) is 11.1 Å². The van der Waals surface area contributed by atoms with E-state index < -0.39 is 9.84 Å². The number of benzene rings is 2. The van der Waals surface area contributed by atoms with Crippen LogP contribution in [0, 0.1) is 0 Å². The highest BCUT2D eigenvalue weighted by molar-refractivity contribution is 7.94. The minimum atomic E-state index is -3.52. The summed E-state index contributed by atoms with van der Waals surface area (Å²) in [5, 5.41) is 10.4. The molecule has 2 aromatic rings. The Labute approximate surface area is 148 Å². The Hall–Kier alpha value is -2.15. The highest BCUT2D eigenvalue weighted by Gasteiger charge is 2.11. The molecule has 1 saturated heterocycles. The Morgan fingerprint density at radius 3 is 2.28 bits per heavy atom. The molecule has 25 heavy (non-hydrogen) atoms. The fourth-order valence-electron chi connectivity index (χ4n) is 2.63. The van der Waals surface area contributed by atoms with Crippen LogP contribution in [-0.2, 0) is 21.1 Å². The van der Waals surface area contributed by atoms with Crippen LogP contribution >= 0.6 is 0 Å². The largest absolute Gasteiger partial charge is 0.508 e. The molecule has 1 aliphatic heterocycles. The first-order valence-electron chi connectivity index (χ1n) is 8.14. The molecule has 1 aliphatic rings. The van der Waals surface area contributed by atoms with E-state index in [9.17, 15) is 13.5 Å². The van der Waals surface area contributed by atoms with Crippen molar-refractivity contribution in [2.75, 3.05) is 26.3 Å².